The number of ketones is 1. The molecule has 2 aromatic carbocycles. The van der Waals surface area contributed by atoms with Gasteiger partial charge in [-0.3, -0.25) is 9.59 Å². The van der Waals surface area contributed by atoms with Crippen molar-refractivity contribution in [1.82, 2.24) is 9.80 Å². The molecular formula is C24H27FN2O4. The number of carbonyl (C=O) groups is 2. The van der Waals surface area contributed by atoms with E-state index in [2.05, 4.69) is 4.90 Å². The van der Waals surface area contributed by atoms with Crippen molar-refractivity contribution in [3.63, 3.8) is 0 Å². The van der Waals surface area contributed by atoms with E-state index in [9.17, 15) is 19.1 Å². The summed E-state index contributed by atoms with van der Waals surface area (Å²) in [6, 6.07) is 11.5. The van der Waals surface area contributed by atoms with Gasteiger partial charge in [-0.15, -0.1) is 0 Å². The average molecular weight is 426 g/mol. The highest BCUT2D eigenvalue weighted by atomic mass is 19.1. The molecule has 0 bridgehead atoms. The van der Waals surface area contributed by atoms with Crippen LogP contribution in [-0.2, 0) is 9.59 Å². The van der Waals surface area contributed by atoms with E-state index in [0.717, 1.165) is 13.1 Å². The lowest BCUT2D eigenvalue weighted by molar-refractivity contribution is -0.140. The second kappa shape index (κ2) is 9.75. The molecule has 1 heterocycles. The van der Waals surface area contributed by atoms with Crippen molar-refractivity contribution in [2.45, 2.75) is 19.9 Å². The summed E-state index contributed by atoms with van der Waals surface area (Å²) in [5, 5.41) is 11.0. The molecule has 2 aromatic rings. The fraction of sp³-hybridized carbons (Fsp3) is 0.333. The highest BCUT2D eigenvalue weighted by Gasteiger charge is 2.46. The number of methoxy groups -OCH3 is 1. The summed E-state index contributed by atoms with van der Waals surface area (Å²) in [6.07, 6.45) is 0. The molecule has 0 aromatic heterocycles. The summed E-state index contributed by atoms with van der Waals surface area (Å²) in [6.45, 7) is 6.63. The van der Waals surface area contributed by atoms with Crippen molar-refractivity contribution in [2.75, 3.05) is 33.3 Å². The maximum Gasteiger partial charge on any atom is 0.295 e. The molecule has 0 radical (unpaired) electrons. The van der Waals surface area contributed by atoms with Gasteiger partial charge in [0.2, 0.25) is 0 Å². The first kappa shape index (κ1) is 22.5. The highest BCUT2D eigenvalue weighted by Crippen LogP contribution is 2.40. The third-order valence-corrected chi connectivity index (χ3v) is 5.62. The van der Waals surface area contributed by atoms with Gasteiger partial charge in [-0.25, -0.2) is 4.39 Å². The van der Waals surface area contributed by atoms with Crippen LogP contribution < -0.4 is 4.74 Å². The first-order chi connectivity index (χ1) is 14.9. The monoisotopic (exact) mass is 426 g/mol. The molecule has 0 saturated carbocycles. The van der Waals surface area contributed by atoms with Crippen LogP contribution in [0.25, 0.3) is 5.76 Å². The van der Waals surface area contributed by atoms with Crippen molar-refractivity contribution in [3.05, 3.63) is 71.0 Å². The molecule has 1 fully saturated rings. The molecule has 3 rings (SSSR count). The summed E-state index contributed by atoms with van der Waals surface area (Å²) in [4.78, 5) is 29.6. The van der Waals surface area contributed by atoms with Crippen LogP contribution in [-0.4, -0.2) is 59.9 Å². The van der Waals surface area contributed by atoms with Gasteiger partial charge < -0.3 is 19.6 Å². The molecule has 1 atom stereocenters. The summed E-state index contributed by atoms with van der Waals surface area (Å²) < 4.78 is 18.7. The van der Waals surface area contributed by atoms with Gasteiger partial charge >= 0.3 is 0 Å². The molecule has 1 N–H and O–H groups in total. The molecule has 164 valence electrons. The van der Waals surface area contributed by atoms with Crippen LogP contribution >= 0.6 is 0 Å². The van der Waals surface area contributed by atoms with E-state index in [4.69, 9.17) is 4.74 Å². The molecule has 1 saturated heterocycles. The number of hydrogen-bond acceptors (Lipinski definition) is 5. The molecule has 1 amide bonds. The number of aliphatic hydroxyl groups excluding tert-OH is 1. The molecule has 1 aliphatic rings. The zero-order valence-electron chi connectivity index (χ0n) is 18.0. The van der Waals surface area contributed by atoms with E-state index in [1.54, 1.807) is 24.3 Å². The Bertz CT molecular complexity index is 983. The molecular weight excluding hydrogens is 399 g/mol. The lowest BCUT2D eigenvalue weighted by Crippen LogP contribution is -2.38. The number of hydrogen-bond donors (Lipinski definition) is 1. The number of carbonyl (C=O) groups excluding carboxylic acids is 2. The van der Waals surface area contributed by atoms with Crippen LogP contribution in [0, 0.1) is 5.82 Å². The second-order valence-corrected chi connectivity index (χ2v) is 7.30. The summed E-state index contributed by atoms with van der Waals surface area (Å²) in [5.41, 5.74) is 0.919. The number of likely N-dealkylation sites (N-methyl/N-ethyl adjacent to an activating group) is 1. The third-order valence-electron chi connectivity index (χ3n) is 5.62. The van der Waals surface area contributed by atoms with Crippen molar-refractivity contribution in [1.29, 1.82) is 0 Å². The minimum atomic E-state index is -0.768. The second-order valence-electron chi connectivity index (χ2n) is 7.30. The largest absolute Gasteiger partial charge is 0.507 e. The SMILES string of the molecule is CCN(CC)CCN1C(=O)C(=O)/C(=C(/O)c2ccc(F)cc2)[C@@H]1c1cccc(OC)c1. The molecule has 1 aliphatic heterocycles. The Labute approximate surface area is 181 Å². The molecule has 0 unspecified atom stereocenters. The maximum atomic E-state index is 13.4. The van der Waals surface area contributed by atoms with E-state index in [0.29, 0.717) is 24.4 Å². The van der Waals surface area contributed by atoms with Crippen molar-refractivity contribution in [3.8, 4) is 5.75 Å². The van der Waals surface area contributed by atoms with E-state index in [1.807, 2.05) is 13.8 Å². The van der Waals surface area contributed by atoms with Gasteiger partial charge in [0.1, 0.15) is 17.3 Å². The standard InChI is InChI=1S/C24H27FN2O4/c1-4-26(5-2)13-14-27-21(17-7-6-8-19(15-17)31-3)20(23(29)24(27)30)22(28)16-9-11-18(25)12-10-16/h6-12,15,21,28H,4-5,13-14H2,1-3H3/b22-20+/t21-/m0/s1. The zero-order valence-corrected chi connectivity index (χ0v) is 18.0. The number of aliphatic hydroxyl groups is 1. The average Bonchev–Trinajstić information content (AvgIpc) is 3.04. The zero-order chi connectivity index (χ0) is 22.5. The first-order valence-electron chi connectivity index (χ1n) is 10.3. The van der Waals surface area contributed by atoms with E-state index >= 15 is 0 Å². The molecule has 31 heavy (non-hydrogen) atoms. The van der Waals surface area contributed by atoms with Crippen LogP contribution in [0.15, 0.2) is 54.1 Å². The van der Waals surface area contributed by atoms with Crippen LogP contribution in [0.1, 0.15) is 31.0 Å². The predicted octanol–water partition coefficient (Wildman–Crippen LogP) is 3.60. The molecule has 0 aliphatic carbocycles. The van der Waals surface area contributed by atoms with Crippen LogP contribution in [0.3, 0.4) is 0 Å². The number of likely N-dealkylation sites (tertiary alicyclic amines) is 1. The van der Waals surface area contributed by atoms with Gasteiger partial charge in [0.25, 0.3) is 11.7 Å². The number of amides is 1. The molecule has 7 heteroatoms. The first-order valence-corrected chi connectivity index (χ1v) is 10.3. The topological polar surface area (TPSA) is 70.1 Å². The summed E-state index contributed by atoms with van der Waals surface area (Å²) >= 11 is 0. The normalized spacial score (nSPS) is 18.1. The Hall–Kier alpha value is -3.19. The smallest absolute Gasteiger partial charge is 0.295 e. The number of benzene rings is 2. The fourth-order valence-electron chi connectivity index (χ4n) is 3.82. The van der Waals surface area contributed by atoms with Crippen LogP contribution in [0.4, 0.5) is 4.39 Å². The summed E-state index contributed by atoms with van der Waals surface area (Å²) in [5.74, 6) is -1.62. The Kier molecular flexibility index (Phi) is 7.07. The van der Waals surface area contributed by atoms with Crippen molar-refractivity contribution in [2.24, 2.45) is 0 Å². The van der Waals surface area contributed by atoms with Gasteiger partial charge in [-0.1, -0.05) is 26.0 Å². The minimum Gasteiger partial charge on any atom is -0.507 e. The molecule has 0 spiro atoms. The lowest BCUT2D eigenvalue weighted by atomic mass is 9.95. The van der Waals surface area contributed by atoms with Crippen LogP contribution in [0.2, 0.25) is 0 Å². The fourth-order valence-corrected chi connectivity index (χ4v) is 3.82. The summed E-state index contributed by atoms with van der Waals surface area (Å²) in [7, 11) is 1.54. The van der Waals surface area contributed by atoms with Gasteiger partial charge in [-0.05, 0) is 55.1 Å². The molecule has 6 nitrogen and oxygen atoms in total. The quantitative estimate of drug-likeness (QED) is 0.397. The van der Waals surface area contributed by atoms with E-state index < -0.39 is 23.5 Å². The van der Waals surface area contributed by atoms with Gasteiger partial charge in [-0.2, -0.15) is 0 Å². The maximum absolute atomic E-state index is 13.4. The predicted molar refractivity (Wildman–Crippen MR) is 116 cm³/mol. The third kappa shape index (κ3) is 4.61. The van der Waals surface area contributed by atoms with Crippen molar-refractivity contribution >= 4 is 17.4 Å². The van der Waals surface area contributed by atoms with Gasteiger partial charge in [0.15, 0.2) is 0 Å². The number of Topliss-reactive ketones (excluding diaryl/α,β-unsaturated/α-hetero) is 1. The van der Waals surface area contributed by atoms with Crippen LogP contribution in [0.5, 0.6) is 5.75 Å². The Balaban J connectivity index is 2.11. The Morgan fingerprint density at radius 2 is 1.81 bits per heavy atom. The van der Waals surface area contributed by atoms with E-state index in [1.165, 1.54) is 36.3 Å². The lowest BCUT2D eigenvalue weighted by Gasteiger charge is -2.28. The van der Waals surface area contributed by atoms with Crippen molar-refractivity contribution < 1.29 is 23.8 Å². The minimum absolute atomic E-state index is 0.00981. The Morgan fingerprint density at radius 3 is 2.42 bits per heavy atom. The number of halogens is 1. The Morgan fingerprint density at radius 1 is 1.13 bits per heavy atom. The number of ether oxygens (including phenoxy) is 1. The highest BCUT2D eigenvalue weighted by molar-refractivity contribution is 6.46. The number of nitrogens with zero attached hydrogens (tertiary/aromatic N) is 2. The van der Waals surface area contributed by atoms with Gasteiger partial charge in [0, 0.05) is 18.7 Å². The number of rotatable bonds is 8. The van der Waals surface area contributed by atoms with E-state index in [-0.39, 0.29) is 16.9 Å². The van der Waals surface area contributed by atoms with Gasteiger partial charge in [0.05, 0.1) is 18.7 Å².